The number of hydrogen-bond acceptors (Lipinski definition) is 2. The number of nitrogens with one attached hydrogen (secondary N) is 1. The van der Waals surface area contributed by atoms with Crippen molar-refractivity contribution in [1.29, 1.82) is 0 Å². The molecular weight excluding hydrogens is 467 g/mol. The lowest BCUT2D eigenvalue weighted by Gasteiger charge is -2.34. The third-order valence-corrected chi connectivity index (χ3v) is 6.97. The molecule has 2 amide bonds. The summed E-state index contributed by atoms with van der Waals surface area (Å²) in [6, 6.07) is 13.9. The Morgan fingerprint density at radius 1 is 1.03 bits per heavy atom. The van der Waals surface area contributed by atoms with Crippen molar-refractivity contribution in [2.24, 2.45) is 5.92 Å². The average molecular weight is 496 g/mol. The van der Waals surface area contributed by atoms with Gasteiger partial charge in [-0.15, -0.1) is 11.6 Å². The van der Waals surface area contributed by atoms with E-state index in [0.717, 1.165) is 31.2 Å². The maximum Gasteiger partial charge on any atom is 0.247 e. The molecule has 0 radical (unpaired) electrons. The van der Waals surface area contributed by atoms with Gasteiger partial charge in [0.25, 0.3) is 0 Å². The molecule has 1 fully saturated rings. The number of hydrogen-bond donors (Lipinski definition) is 1. The van der Waals surface area contributed by atoms with E-state index >= 15 is 0 Å². The van der Waals surface area contributed by atoms with Crippen LogP contribution in [0, 0.1) is 5.92 Å². The van der Waals surface area contributed by atoms with E-state index in [9.17, 15) is 9.59 Å². The van der Waals surface area contributed by atoms with Crippen LogP contribution < -0.4 is 5.32 Å². The van der Waals surface area contributed by atoms with E-state index in [-0.39, 0.29) is 23.7 Å². The number of benzene rings is 2. The molecule has 0 heterocycles. The summed E-state index contributed by atoms with van der Waals surface area (Å²) >= 11 is 18.4. The Hall–Kier alpha value is -1.75. The topological polar surface area (TPSA) is 49.4 Å². The van der Waals surface area contributed by atoms with E-state index in [1.54, 1.807) is 29.2 Å². The average Bonchev–Trinajstić information content (AvgIpc) is 2.79. The fourth-order valence-corrected chi connectivity index (χ4v) is 4.73. The summed E-state index contributed by atoms with van der Waals surface area (Å²) in [7, 11) is 0. The van der Waals surface area contributed by atoms with Crippen LogP contribution in [0.15, 0.2) is 48.5 Å². The molecule has 172 valence electrons. The Morgan fingerprint density at radius 2 is 1.69 bits per heavy atom. The second-order valence-corrected chi connectivity index (χ2v) is 9.59. The quantitative estimate of drug-likeness (QED) is 0.454. The van der Waals surface area contributed by atoms with Crippen LogP contribution in [-0.4, -0.2) is 35.2 Å². The van der Waals surface area contributed by atoms with Crippen LogP contribution in [0.25, 0.3) is 0 Å². The molecule has 1 aliphatic carbocycles. The van der Waals surface area contributed by atoms with Crippen LogP contribution >= 0.6 is 34.8 Å². The lowest BCUT2D eigenvalue weighted by Crippen LogP contribution is -2.48. The second-order valence-electron chi connectivity index (χ2n) is 8.48. The number of alkyl halides is 1. The summed E-state index contributed by atoms with van der Waals surface area (Å²) in [6.45, 7) is 2.56. The van der Waals surface area contributed by atoms with Gasteiger partial charge < -0.3 is 10.2 Å². The Morgan fingerprint density at radius 3 is 2.31 bits per heavy atom. The Balaban J connectivity index is 1.86. The summed E-state index contributed by atoms with van der Waals surface area (Å²) in [5.41, 5.74) is 1.62. The van der Waals surface area contributed by atoms with Gasteiger partial charge in [-0.05, 0) is 67.3 Å². The third kappa shape index (κ3) is 6.63. The summed E-state index contributed by atoms with van der Waals surface area (Å²) < 4.78 is 0. The maximum absolute atomic E-state index is 13.5. The first-order valence-electron chi connectivity index (χ1n) is 11.0. The number of nitrogens with zero attached hydrogens (tertiary/aromatic N) is 1. The summed E-state index contributed by atoms with van der Waals surface area (Å²) in [5.74, 6) is -0.0170. The predicted octanol–water partition coefficient (Wildman–Crippen LogP) is 6.04. The first-order chi connectivity index (χ1) is 15.4. The van der Waals surface area contributed by atoms with Crippen molar-refractivity contribution >= 4 is 46.6 Å². The number of carbonyl (C=O) groups is 2. The fraction of sp³-hybridized carbons (Fsp3) is 0.440. The minimum absolute atomic E-state index is 0.116. The molecule has 0 saturated heterocycles. The molecule has 1 N–H and O–H groups in total. The minimum atomic E-state index is -0.791. The normalized spacial score (nSPS) is 19.2. The highest BCUT2D eigenvalue weighted by atomic mass is 35.5. The first kappa shape index (κ1) is 24.9. The zero-order valence-electron chi connectivity index (χ0n) is 18.2. The van der Waals surface area contributed by atoms with Gasteiger partial charge in [0.15, 0.2) is 0 Å². The molecule has 0 bridgehead atoms. The van der Waals surface area contributed by atoms with Gasteiger partial charge in [0, 0.05) is 22.6 Å². The zero-order valence-corrected chi connectivity index (χ0v) is 20.5. The molecule has 2 aromatic carbocycles. The van der Waals surface area contributed by atoms with Crippen LogP contribution in [0.3, 0.4) is 0 Å². The van der Waals surface area contributed by atoms with Gasteiger partial charge in [-0.3, -0.25) is 9.59 Å². The Kier molecular flexibility index (Phi) is 9.27. The molecule has 3 rings (SSSR count). The van der Waals surface area contributed by atoms with E-state index in [1.807, 2.05) is 24.3 Å². The van der Waals surface area contributed by atoms with E-state index in [2.05, 4.69) is 12.2 Å². The highest BCUT2D eigenvalue weighted by Gasteiger charge is 2.32. The summed E-state index contributed by atoms with van der Waals surface area (Å²) in [4.78, 5) is 28.0. The van der Waals surface area contributed by atoms with Crippen molar-refractivity contribution in [3.63, 3.8) is 0 Å². The van der Waals surface area contributed by atoms with E-state index in [4.69, 9.17) is 34.8 Å². The number of amides is 2. The standard InChI is InChI=1S/C25H29Cl3N2O2/c1-17-6-12-21(13-7-17)29-25(32)24(19-8-10-20(27)11-9-19)30(23(31)16-26)15-14-18-4-2-3-5-22(18)28/h2-5,8-11,17,21,24H,6-7,12-16H2,1H3,(H,29,32)/t17?,21?,24-/m1/s1. The molecule has 0 unspecified atom stereocenters. The number of halogens is 3. The van der Waals surface area contributed by atoms with Crippen LogP contribution in [0.1, 0.15) is 49.8 Å². The maximum atomic E-state index is 13.5. The van der Waals surface area contributed by atoms with Crippen LogP contribution in [0.5, 0.6) is 0 Å². The van der Waals surface area contributed by atoms with Gasteiger partial charge in [-0.2, -0.15) is 0 Å². The lowest BCUT2D eigenvalue weighted by atomic mass is 9.87. The summed E-state index contributed by atoms with van der Waals surface area (Å²) in [6.07, 6.45) is 4.59. The third-order valence-electron chi connectivity index (χ3n) is 6.12. The smallest absolute Gasteiger partial charge is 0.247 e. The highest BCUT2D eigenvalue weighted by Crippen LogP contribution is 2.28. The molecule has 0 aromatic heterocycles. The largest absolute Gasteiger partial charge is 0.351 e. The molecule has 4 nitrogen and oxygen atoms in total. The fourth-order valence-electron chi connectivity index (χ4n) is 4.22. The van der Waals surface area contributed by atoms with Gasteiger partial charge >= 0.3 is 0 Å². The van der Waals surface area contributed by atoms with Crippen molar-refractivity contribution < 1.29 is 9.59 Å². The lowest BCUT2D eigenvalue weighted by molar-refractivity contribution is -0.139. The van der Waals surface area contributed by atoms with E-state index in [1.165, 1.54) is 0 Å². The summed E-state index contributed by atoms with van der Waals surface area (Å²) in [5, 5.41) is 4.39. The van der Waals surface area contributed by atoms with Crippen molar-refractivity contribution in [2.45, 2.75) is 51.1 Å². The Labute approximate surface area is 205 Å². The highest BCUT2D eigenvalue weighted by molar-refractivity contribution is 6.31. The predicted molar refractivity (Wildman–Crippen MR) is 131 cm³/mol. The molecule has 1 saturated carbocycles. The van der Waals surface area contributed by atoms with Crippen LogP contribution in [0.2, 0.25) is 10.0 Å². The number of carbonyl (C=O) groups excluding carboxylic acids is 2. The molecule has 1 aliphatic rings. The Bertz CT molecular complexity index is 912. The van der Waals surface area contributed by atoms with E-state index in [0.29, 0.717) is 34.5 Å². The SMILES string of the molecule is CC1CCC(NC(=O)[C@@H](c2ccc(Cl)cc2)N(CCc2ccccc2Cl)C(=O)CCl)CC1. The van der Waals surface area contributed by atoms with Gasteiger partial charge in [0.1, 0.15) is 11.9 Å². The zero-order chi connectivity index (χ0) is 23.1. The molecule has 32 heavy (non-hydrogen) atoms. The molecule has 1 atom stereocenters. The monoisotopic (exact) mass is 494 g/mol. The molecular formula is C25H29Cl3N2O2. The molecule has 0 spiro atoms. The first-order valence-corrected chi connectivity index (χ1v) is 12.3. The van der Waals surface area contributed by atoms with E-state index < -0.39 is 6.04 Å². The van der Waals surface area contributed by atoms with Gasteiger partial charge in [0.05, 0.1) is 0 Å². The van der Waals surface area contributed by atoms with Gasteiger partial charge in [0.2, 0.25) is 11.8 Å². The molecule has 0 aliphatic heterocycles. The van der Waals surface area contributed by atoms with Crippen LogP contribution in [-0.2, 0) is 16.0 Å². The molecule has 7 heteroatoms. The van der Waals surface area contributed by atoms with Crippen LogP contribution in [0.4, 0.5) is 0 Å². The van der Waals surface area contributed by atoms with Gasteiger partial charge in [-0.25, -0.2) is 0 Å². The minimum Gasteiger partial charge on any atom is -0.351 e. The van der Waals surface area contributed by atoms with Crippen molar-refractivity contribution in [1.82, 2.24) is 10.2 Å². The van der Waals surface area contributed by atoms with Crippen molar-refractivity contribution in [2.75, 3.05) is 12.4 Å². The van der Waals surface area contributed by atoms with Gasteiger partial charge in [-0.1, -0.05) is 60.5 Å². The van der Waals surface area contributed by atoms with Crippen molar-refractivity contribution in [3.05, 3.63) is 69.7 Å². The second kappa shape index (κ2) is 11.9. The number of rotatable bonds is 8. The van der Waals surface area contributed by atoms with Crippen molar-refractivity contribution in [3.8, 4) is 0 Å². The molecule has 2 aromatic rings.